The maximum Gasteiger partial charge on any atom is 1.00 e. The Balaban J connectivity index is 0.00000192. The number of benzene rings is 1. The third kappa shape index (κ3) is 3.38. The van der Waals surface area contributed by atoms with Crippen LogP contribution in [0.3, 0.4) is 0 Å². The fourth-order valence-electron chi connectivity index (χ4n) is 2.92. The van der Waals surface area contributed by atoms with Crippen LogP contribution in [0.5, 0.6) is 0 Å². The van der Waals surface area contributed by atoms with Crippen molar-refractivity contribution in [2.24, 2.45) is 0 Å². The van der Waals surface area contributed by atoms with Gasteiger partial charge in [-0.2, -0.15) is 0 Å². The summed E-state index contributed by atoms with van der Waals surface area (Å²) in [6.07, 6.45) is 0.301. The van der Waals surface area contributed by atoms with Gasteiger partial charge in [0, 0.05) is 12.2 Å². The first kappa shape index (κ1) is 18.2. The molecule has 2 saturated heterocycles. The third-order valence-electron chi connectivity index (χ3n) is 3.92. The summed E-state index contributed by atoms with van der Waals surface area (Å²) < 4.78 is 33.3. The summed E-state index contributed by atoms with van der Waals surface area (Å²) in [7, 11) is -4.79. The number of hydrogen-bond acceptors (Lipinski definition) is 6. The van der Waals surface area contributed by atoms with Crippen molar-refractivity contribution in [2.75, 3.05) is 18.4 Å². The van der Waals surface area contributed by atoms with Crippen molar-refractivity contribution < 1.29 is 52.1 Å². The molecule has 1 aromatic rings. The number of fused-ring (bicyclic) bond motifs is 1. The van der Waals surface area contributed by atoms with Crippen LogP contribution in [0.2, 0.25) is 0 Å². The molecule has 2 fully saturated rings. The van der Waals surface area contributed by atoms with Gasteiger partial charge in [-0.25, -0.2) is 12.7 Å². The molecule has 0 bridgehead atoms. The molecule has 2 aliphatic heterocycles. The molecule has 1 aromatic carbocycles. The van der Waals surface area contributed by atoms with Crippen molar-refractivity contribution >= 4 is 27.8 Å². The van der Waals surface area contributed by atoms with Gasteiger partial charge in [0.05, 0.1) is 12.6 Å². The first-order valence-corrected chi connectivity index (χ1v) is 8.13. The van der Waals surface area contributed by atoms with E-state index in [2.05, 4.69) is 5.32 Å². The average Bonchev–Trinajstić information content (AvgIpc) is 2.83. The zero-order chi connectivity index (χ0) is 15.9. The van der Waals surface area contributed by atoms with Gasteiger partial charge in [-0.3, -0.25) is 9.59 Å². The minimum absolute atomic E-state index is 0. The van der Waals surface area contributed by atoms with Crippen molar-refractivity contribution in [2.45, 2.75) is 18.5 Å². The number of rotatable bonds is 4. The first-order valence-electron chi connectivity index (χ1n) is 6.77. The molecule has 0 aromatic heterocycles. The van der Waals surface area contributed by atoms with Crippen LogP contribution in [0.25, 0.3) is 0 Å². The number of β-lactam (4-membered cyclic amide) rings is 1. The SMILES string of the molecule is O=C(CNc1ccccc1)N1CC[C@@H]2[C@@H]1C(=O)N2S(=O)(=O)[O-].[Na+]. The predicted molar refractivity (Wildman–Crippen MR) is 75.4 cm³/mol. The number of anilines is 1. The molecule has 0 unspecified atom stereocenters. The number of amides is 2. The Morgan fingerprint density at radius 3 is 2.57 bits per heavy atom. The van der Waals surface area contributed by atoms with Gasteiger partial charge in [0.2, 0.25) is 5.91 Å². The molecule has 1 N–H and O–H groups in total. The van der Waals surface area contributed by atoms with E-state index in [1.54, 1.807) is 12.1 Å². The molecular weight excluding hydrogens is 333 g/mol. The molecule has 0 radical (unpaired) electrons. The molecule has 2 aliphatic rings. The standard InChI is InChI=1S/C13H15N3O5S.Na/c17-11(8-14-9-4-2-1-3-5-9)15-7-6-10-12(15)13(18)16(10)22(19,20)21;/h1-5,10,12,14H,6-8H2,(H,19,20,21);/q;+1/p-1/t10-,12-;/m1./s1. The third-order valence-corrected chi connectivity index (χ3v) is 4.85. The number of hydrogen-bond donors (Lipinski definition) is 1. The van der Waals surface area contributed by atoms with E-state index in [4.69, 9.17) is 0 Å². The Morgan fingerprint density at radius 2 is 1.96 bits per heavy atom. The molecule has 0 aliphatic carbocycles. The van der Waals surface area contributed by atoms with Crippen LogP contribution < -0.4 is 34.9 Å². The second kappa shape index (κ2) is 6.78. The molecule has 0 saturated carbocycles. The largest absolute Gasteiger partial charge is 1.00 e. The van der Waals surface area contributed by atoms with Crippen LogP contribution in [-0.4, -0.2) is 59.2 Å². The summed E-state index contributed by atoms with van der Waals surface area (Å²) in [6.45, 7) is 0.271. The Bertz CT molecular complexity index is 712. The molecule has 2 heterocycles. The molecule has 0 spiro atoms. The van der Waals surface area contributed by atoms with Crippen LogP contribution in [0.15, 0.2) is 30.3 Å². The topological polar surface area (TPSA) is 110 Å². The van der Waals surface area contributed by atoms with E-state index in [9.17, 15) is 22.6 Å². The number of para-hydroxylation sites is 1. The van der Waals surface area contributed by atoms with Gasteiger partial charge < -0.3 is 14.8 Å². The molecule has 23 heavy (non-hydrogen) atoms. The van der Waals surface area contributed by atoms with E-state index < -0.39 is 28.3 Å². The average molecular weight is 347 g/mol. The van der Waals surface area contributed by atoms with Gasteiger partial charge in [0.25, 0.3) is 5.91 Å². The van der Waals surface area contributed by atoms with E-state index in [1.807, 2.05) is 18.2 Å². The summed E-state index contributed by atoms with van der Waals surface area (Å²) in [5.74, 6) is -1.11. The van der Waals surface area contributed by atoms with Crippen LogP contribution in [-0.2, 0) is 19.9 Å². The van der Waals surface area contributed by atoms with Crippen LogP contribution in [0.4, 0.5) is 5.69 Å². The van der Waals surface area contributed by atoms with E-state index in [1.165, 1.54) is 4.90 Å². The fraction of sp³-hybridized carbons (Fsp3) is 0.385. The minimum atomic E-state index is -4.79. The van der Waals surface area contributed by atoms with E-state index in [0.717, 1.165) is 5.69 Å². The molecule has 118 valence electrons. The molecule has 2 atom stereocenters. The second-order valence-corrected chi connectivity index (χ2v) is 6.45. The smallest absolute Gasteiger partial charge is 0.731 e. The molecule has 2 amide bonds. The van der Waals surface area contributed by atoms with Crippen molar-refractivity contribution in [3.05, 3.63) is 30.3 Å². The minimum Gasteiger partial charge on any atom is -0.731 e. The zero-order valence-corrected chi connectivity index (χ0v) is 15.3. The fourth-order valence-corrected chi connectivity index (χ4v) is 3.80. The van der Waals surface area contributed by atoms with Crippen LogP contribution in [0.1, 0.15) is 6.42 Å². The van der Waals surface area contributed by atoms with Gasteiger partial charge in [-0.1, -0.05) is 18.2 Å². The van der Waals surface area contributed by atoms with Gasteiger partial charge in [-0.05, 0) is 18.6 Å². The maximum absolute atomic E-state index is 12.2. The van der Waals surface area contributed by atoms with Gasteiger partial charge >= 0.3 is 29.6 Å². The molecule has 3 rings (SSSR count). The van der Waals surface area contributed by atoms with Crippen molar-refractivity contribution in [3.8, 4) is 0 Å². The number of likely N-dealkylation sites (tertiary alicyclic amines) is 1. The van der Waals surface area contributed by atoms with Crippen LogP contribution >= 0.6 is 0 Å². The van der Waals surface area contributed by atoms with E-state index >= 15 is 0 Å². The summed E-state index contributed by atoms with van der Waals surface area (Å²) in [5.41, 5.74) is 0.773. The normalized spacial score (nSPS) is 22.9. The Kier molecular flexibility index (Phi) is 5.37. The second-order valence-electron chi connectivity index (χ2n) is 5.20. The number of carbonyl (C=O) groups excluding carboxylic acids is 2. The first-order chi connectivity index (χ1) is 10.4. The monoisotopic (exact) mass is 347 g/mol. The summed E-state index contributed by atoms with van der Waals surface area (Å²) in [6, 6.07) is 7.57. The quantitative estimate of drug-likeness (QED) is 0.342. The van der Waals surface area contributed by atoms with Crippen molar-refractivity contribution in [3.63, 3.8) is 0 Å². The summed E-state index contributed by atoms with van der Waals surface area (Å²) >= 11 is 0. The Labute approximate surface area is 156 Å². The molecule has 8 nitrogen and oxygen atoms in total. The summed E-state index contributed by atoms with van der Waals surface area (Å²) in [5, 5.41) is 2.94. The van der Waals surface area contributed by atoms with Crippen molar-refractivity contribution in [1.82, 2.24) is 9.21 Å². The zero-order valence-electron chi connectivity index (χ0n) is 12.5. The summed E-state index contributed by atoms with van der Waals surface area (Å²) in [4.78, 5) is 25.3. The Hall–Kier alpha value is -1.13. The number of nitrogens with zero attached hydrogens (tertiary/aromatic N) is 2. The number of carbonyl (C=O) groups is 2. The van der Waals surface area contributed by atoms with E-state index in [-0.39, 0.29) is 48.6 Å². The van der Waals surface area contributed by atoms with Gasteiger partial charge in [0.15, 0.2) is 10.3 Å². The number of nitrogens with one attached hydrogen (secondary N) is 1. The predicted octanol–water partition coefficient (Wildman–Crippen LogP) is -3.63. The molecular formula is C13H14N3NaO5S. The van der Waals surface area contributed by atoms with Crippen LogP contribution in [0, 0.1) is 0 Å². The Morgan fingerprint density at radius 1 is 1.30 bits per heavy atom. The molecule has 10 heteroatoms. The van der Waals surface area contributed by atoms with Crippen molar-refractivity contribution in [1.29, 1.82) is 0 Å². The van der Waals surface area contributed by atoms with Gasteiger partial charge in [0.1, 0.15) is 6.04 Å². The maximum atomic E-state index is 12.2. The van der Waals surface area contributed by atoms with E-state index in [0.29, 0.717) is 10.7 Å². The van der Waals surface area contributed by atoms with Gasteiger partial charge in [-0.15, -0.1) is 0 Å².